The van der Waals surface area contributed by atoms with E-state index in [9.17, 15) is 27.2 Å². The lowest BCUT2D eigenvalue weighted by Gasteiger charge is -2.27. The molecule has 166 valence electrons. The third kappa shape index (κ3) is 5.55. The van der Waals surface area contributed by atoms with Crippen LogP contribution in [-0.4, -0.2) is 36.0 Å². The van der Waals surface area contributed by atoms with Gasteiger partial charge < -0.3 is 10.2 Å². The number of nitrogens with zero attached hydrogens (tertiary/aromatic N) is 1. The number of halogens is 5. The van der Waals surface area contributed by atoms with Crippen LogP contribution in [0.15, 0.2) is 42.5 Å². The highest BCUT2D eigenvalue weighted by molar-refractivity contribution is 6.30. The van der Waals surface area contributed by atoms with E-state index >= 15 is 0 Å². The number of hydrogen-bond acceptors (Lipinski definition) is 2. The molecular formula is C22H21ClF4N2O2. The van der Waals surface area contributed by atoms with Crippen LogP contribution in [0.5, 0.6) is 0 Å². The van der Waals surface area contributed by atoms with E-state index < -0.39 is 36.3 Å². The lowest BCUT2D eigenvalue weighted by atomic mass is 9.99. The Kier molecular flexibility index (Phi) is 6.89. The number of carbonyl (C=O) groups is 2. The molecule has 3 rings (SSSR count). The molecule has 1 aliphatic rings. The van der Waals surface area contributed by atoms with Gasteiger partial charge in [0.2, 0.25) is 5.91 Å². The molecular weight excluding hydrogens is 436 g/mol. The summed E-state index contributed by atoms with van der Waals surface area (Å²) >= 11 is 5.92. The summed E-state index contributed by atoms with van der Waals surface area (Å²) in [6.45, 7) is 1.84. The van der Waals surface area contributed by atoms with E-state index in [2.05, 4.69) is 5.32 Å². The lowest BCUT2D eigenvalue weighted by molar-refractivity contribution is -0.136. The lowest BCUT2D eigenvalue weighted by Crippen LogP contribution is -2.41. The maximum Gasteiger partial charge on any atom is 0.389 e. The minimum Gasteiger partial charge on any atom is -0.354 e. The van der Waals surface area contributed by atoms with E-state index in [1.165, 1.54) is 11.0 Å². The Morgan fingerprint density at radius 1 is 1.19 bits per heavy atom. The van der Waals surface area contributed by atoms with Crippen molar-refractivity contribution in [2.45, 2.75) is 37.9 Å². The van der Waals surface area contributed by atoms with E-state index in [0.717, 1.165) is 17.7 Å². The van der Waals surface area contributed by atoms with Gasteiger partial charge in [-0.05, 0) is 53.8 Å². The van der Waals surface area contributed by atoms with Gasteiger partial charge in [-0.2, -0.15) is 13.2 Å². The Morgan fingerprint density at radius 3 is 2.52 bits per heavy atom. The van der Waals surface area contributed by atoms with Crippen LogP contribution < -0.4 is 5.32 Å². The number of hydrogen-bond donors (Lipinski definition) is 1. The molecule has 4 nitrogen and oxygen atoms in total. The van der Waals surface area contributed by atoms with Gasteiger partial charge in [-0.25, -0.2) is 4.39 Å². The SMILES string of the molecule is CC(CN1C(=O)c2ccc(F)cc2C1C(=O)NCCCC(F)(F)F)c1ccc(Cl)cc1. The van der Waals surface area contributed by atoms with Crippen molar-refractivity contribution in [2.75, 3.05) is 13.1 Å². The summed E-state index contributed by atoms with van der Waals surface area (Å²) in [4.78, 5) is 27.1. The Morgan fingerprint density at radius 2 is 1.87 bits per heavy atom. The molecule has 0 saturated heterocycles. The molecule has 0 aliphatic carbocycles. The van der Waals surface area contributed by atoms with Crippen molar-refractivity contribution in [3.05, 3.63) is 70.0 Å². The van der Waals surface area contributed by atoms with Gasteiger partial charge in [0.25, 0.3) is 5.91 Å². The summed E-state index contributed by atoms with van der Waals surface area (Å²) in [5.41, 5.74) is 1.31. The number of carbonyl (C=O) groups excluding carboxylic acids is 2. The largest absolute Gasteiger partial charge is 0.389 e. The van der Waals surface area contributed by atoms with Crippen LogP contribution in [0.4, 0.5) is 17.6 Å². The van der Waals surface area contributed by atoms with Crippen LogP contribution >= 0.6 is 11.6 Å². The fourth-order valence-corrected chi connectivity index (χ4v) is 3.78. The molecule has 0 saturated carbocycles. The van der Waals surface area contributed by atoms with Gasteiger partial charge in [0, 0.05) is 30.1 Å². The maximum absolute atomic E-state index is 13.9. The van der Waals surface area contributed by atoms with E-state index in [0.29, 0.717) is 5.02 Å². The fraction of sp³-hybridized carbons (Fsp3) is 0.364. The zero-order valence-corrected chi connectivity index (χ0v) is 17.4. The molecule has 2 aromatic carbocycles. The zero-order chi connectivity index (χ0) is 22.8. The molecule has 1 N–H and O–H groups in total. The van der Waals surface area contributed by atoms with Crippen LogP contribution in [-0.2, 0) is 4.79 Å². The van der Waals surface area contributed by atoms with Crippen molar-refractivity contribution in [3.63, 3.8) is 0 Å². The second-order valence-electron chi connectivity index (χ2n) is 7.55. The monoisotopic (exact) mass is 456 g/mol. The fourth-order valence-electron chi connectivity index (χ4n) is 3.65. The maximum atomic E-state index is 13.9. The Labute approximate surface area is 182 Å². The number of rotatable bonds is 7. The zero-order valence-electron chi connectivity index (χ0n) is 16.7. The normalized spacial score (nSPS) is 16.9. The van der Waals surface area contributed by atoms with Crippen LogP contribution in [0.2, 0.25) is 5.02 Å². The predicted octanol–water partition coefficient (Wildman–Crippen LogP) is 5.24. The van der Waals surface area contributed by atoms with Crippen LogP contribution in [0, 0.1) is 5.82 Å². The third-order valence-corrected chi connectivity index (χ3v) is 5.46. The second-order valence-corrected chi connectivity index (χ2v) is 7.99. The topological polar surface area (TPSA) is 49.4 Å². The van der Waals surface area contributed by atoms with E-state index in [1.54, 1.807) is 12.1 Å². The first kappa shape index (κ1) is 23.1. The van der Waals surface area contributed by atoms with Gasteiger partial charge >= 0.3 is 6.18 Å². The molecule has 2 unspecified atom stereocenters. The smallest absolute Gasteiger partial charge is 0.354 e. The van der Waals surface area contributed by atoms with Crippen molar-refractivity contribution in [1.29, 1.82) is 0 Å². The summed E-state index contributed by atoms with van der Waals surface area (Å²) in [5.74, 6) is -1.83. The van der Waals surface area contributed by atoms with Crippen LogP contribution in [0.3, 0.4) is 0 Å². The number of alkyl halides is 3. The van der Waals surface area contributed by atoms with Crippen LogP contribution in [0.25, 0.3) is 0 Å². The van der Waals surface area contributed by atoms with Gasteiger partial charge in [-0.3, -0.25) is 9.59 Å². The first-order chi connectivity index (χ1) is 14.6. The van der Waals surface area contributed by atoms with Gasteiger partial charge in [-0.15, -0.1) is 0 Å². The highest BCUT2D eigenvalue weighted by atomic mass is 35.5. The minimum atomic E-state index is -4.32. The standard InChI is InChI=1S/C22H21ClF4N2O2/c1-13(14-3-5-15(23)6-4-14)12-29-19(20(30)28-10-2-9-22(25,26)27)18-11-16(24)7-8-17(18)21(29)31/h3-8,11,13,19H,2,9-10,12H2,1H3,(H,28,30). The van der Waals surface area contributed by atoms with Crippen molar-refractivity contribution >= 4 is 23.4 Å². The van der Waals surface area contributed by atoms with Crippen molar-refractivity contribution < 1.29 is 27.2 Å². The Hall–Kier alpha value is -2.61. The molecule has 0 aromatic heterocycles. The van der Waals surface area contributed by atoms with Gasteiger partial charge in [0.15, 0.2) is 0 Å². The third-order valence-electron chi connectivity index (χ3n) is 5.21. The highest BCUT2D eigenvalue weighted by Crippen LogP contribution is 2.36. The summed E-state index contributed by atoms with van der Waals surface area (Å²) < 4.78 is 50.9. The molecule has 0 spiro atoms. The molecule has 31 heavy (non-hydrogen) atoms. The molecule has 2 aromatic rings. The molecule has 1 aliphatic heterocycles. The van der Waals surface area contributed by atoms with Crippen molar-refractivity contribution in [3.8, 4) is 0 Å². The summed E-state index contributed by atoms with van der Waals surface area (Å²) in [6, 6.07) is 9.53. The van der Waals surface area contributed by atoms with Crippen molar-refractivity contribution in [2.24, 2.45) is 0 Å². The number of amides is 2. The average Bonchev–Trinajstić information content (AvgIpc) is 2.96. The molecule has 0 fully saturated rings. The number of nitrogens with one attached hydrogen (secondary N) is 1. The van der Waals surface area contributed by atoms with Gasteiger partial charge in [0.05, 0.1) is 0 Å². The van der Waals surface area contributed by atoms with Crippen molar-refractivity contribution in [1.82, 2.24) is 10.2 Å². The molecule has 9 heteroatoms. The first-order valence-electron chi connectivity index (χ1n) is 9.77. The summed E-state index contributed by atoms with van der Waals surface area (Å²) in [6.07, 6.45) is -5.63. The van der Waals surface area contributed by atoms with E-state index in [-0.39, 0.29) is 36.6 Å². The summed E-state index contributed by atoms with van der Waals surface area (Å²) in [7, 11) is 0. The molecule has 1 heterocycles. The quantitative estimate of drug-likeness (QED) is 0.457. The highest BCUT2D eigenvalue weighted by Gasteiger charge is 2.41. The first-order valence-corrected chi connectivity index (χ1v) is 10.1. The van der Waals surface area contributed by atoms with E-state index in [4.69, 9.17) is 11.6 Å². The van der Waals surface area contributed by atoms with Crippen LogP contribution in [0.1, 0.15) is 53.2 Å². The number of fused-ring (bicyclic) bond motifs is 1. The van der Waals surface area contributed by atoms with Gasteiger partial charge in [-0.1, -0.05) is 30.7 Å². The molecule has 2 atom stereocenters. The number of benzene rings is 2. The summed E-state index contributed by atoms with van der Waals surface area (Å²) in [5, 5.41) is 3.02. The van der Waals surface area contributed by atoms with Gasteiger partial charge in [0.1, 0.15) is 11.9 Å². The molecule has 0 bridgehead atoms. The minimum absolute atomic E-state index is 0.164. The molecule has 0 radical (unpaired) electrons. The predicted molar refractivity (Wildman–Crippen MR) is 108 cm³/mol. The van der Waals surface area contributed by atoms with E-state index in [1.807, 2.05) is 19.1 Å². The average molecular weight is 457 g/mol. The Balaban J connectivity index is 1.80. The molecule has 2 amide bonds. The second kappa shape index (κ2) is 9.26. The Bertz CT molecular complexity index is 963.